The average molecular weight is 220 g/mol. The molecule has 1 aromatic carbocycles. The van der Waals surface area contributed by atoms with Crippen molar-refractivity contribution in [2.45, 2.75) is 26.3 Å². The molecule has 0 aromatic heterocycles. The summed E-state index contributed by atoms with van der Waals surface area (Å²) >= 11 is 0. The first kappa shape index (κ1) is 13.2. The third kappa shape index (κ3) is 5.29. The van der Waals surface area contributed by atoms with Crippen molar-refractivity contribution >= 4 is 0 Å². The van der Waals surface area contributed by atoms with Crippen molar-refractivity contribution in [2.24, 2.45) is 0 Å². The van der Waals surface area contributed by atoms with Gasteiger partial charge in [-0.25, -0.2) is 0 Å². The van der Waals surface area contributed by atoms with Gasteiger partial charge in [0.25, 0.3) is 0 Å². The lowest BCUT2D eigenvalue weighted by Crippen LogP contribution is -2.38. The molecular weight excluding hydrogens is 196 g/mol. The quantitative estimate of drug-likeness (QED) is 0.757. The number of hydrogen-bond donors (Lipinski definition) is 1. The molecule has 0 aliphatic heterocycles. The lowest BCUT2D eigenvalue weighted by atomic mass is 10.1. The van der Waals surface area contributed by atoms with Crippen LogP contribution in [-0.4, -0.2) is 37.6 Å². The molecule has 0 aliphatic rings. The molecule has 1 rings (SSSR count). The van der Waals surface area contributed by atoms with Gasteiger partial charge in [-0.1, -0.05) is 37.3 Å². The molecule has 0 fully saturated rings. The summed E-state index contributed by atoms with van der Waals surface area (Å²) in [6.45, 7) is 7.68. The second-order valence-electron chi connectivity index (χ2n) is 4.46. The van der Waals surface area contributed by atoms with Gasteiger partial charge in [0, 0.05) is 19.1 Å². The maximum atomic E-state index is 3.43. The van der Waals surface area contributed by atoms with E-state index in [0.717, 1.165) is 26.1 Å². The lowest BCUT2D eigenvalue weighted by Gasteiger charge is -2.21. The maximum absolute atomic E-state index is 3.43. The molecule has 2 heteroatoms. The van der Waals surface area contributed by atoms with Crippen LogP contribution in [0.15, 0.2) is 30.3 Å². The molecule has 1 unspecified atom stereocenters. The summed E-state index contributed by atoms with van der Waals surface area (Å²) in [5.74, 6) is 0. The van der Waals surface area contributed by atoms with E-state index in [0.29, 0.717) is 6.04 Å². The molecule has 0 radical (unpaired) electrons. The zero-order valence-corrected chi connectivity index (χ0v) is 10.7. The van der Waals surface area contributed by atoms with Crippen molar-refractivity contribution < 1.29 is 0 Å². The Bertz CT molecular complexity index is 271. The summed E-state index contributed by atoms with van der Waals surface area (Å²) in [6.07, 6.45) is 1.14. The number of likely N-dealkylation sites (N-methyl/N-ethyl adjacent to an activating group) is 2. The lowest BCUT2D eigenvalue weighted by molar-refractivity contribution is 0.301. The van der Waals surface area contributed by atoms with Gasteiger partial charge in [-0.2, -0.15) is 0 Å². The average Bonchev–Trinajstić information content (AvgIpc) is 2.28. The predicted octanol–water partition coefficient (Wildman–Crippen LogP) is 2.16. The molecule has 16 heavy (non-hydrogen) atoms. The van der Waals surface area contributed by atoms with E-state index in [9.17, 15) is 0 Å². The molecular formula is C14H24N2. The monoisotopic (exact) mass is 220 g/mol. The van der Waals surface area contributed by atoms with Crippen LogP contribution in [0.4, 0.5) is 0 Å². The van der Waals surface area contributed by atoms with E-state index >= 15 is 0 Å². The molecule has 1 N–H and O–H groups in total. The topological polar surface area (TPSA) is 15.3 Å². The van der Waals surface area contributed by atoms with Gasteiger partial charge in [0.05, 0.1) is 0 Å². The zero-order valence-electron chi connectivity index (χ0n) is 10.7. The van der Waals surface area contributed by atoms with Crippen LogP contribution in [0.5, 0.6) is 0 Å². The second kappa shape index (κ2) is 7.42. The van der Waals surface area contributed by atoms with Crippen molar-refractivity contribution in [1.29, 1.82) is 0 Å². The number of hydrogen-bond acceptors (Lipinski definition) is 2. The molecule has 2 nitrogen and oxygen atoms in total. The van der Waals surface area contributed by atoms with E-state index in [-0.39, 0.29) is 0 Å². The third-order valence-electron chi connectivity index (χ3n) is 2.76. The largest absolute Gasteiger partial charge is 0.313 e. The van der Waals surface area contributed by atoms with E-state index in [2.05, 4.69) is 61.4 Å². The highest BCUT2D eigenvalue weighted by atomic mass is 15.1. The van der Waals surface area contributed by atoms with Gasteiger partial charge in [-0.05, 0) is 32.5 Å². The molecule has 0 heterocycles. The van der Waals surface area contributed by atoms with E-state index in [1.807, 2.05) is 0 Å². The van der Waals surface area contributed by atoms with Crippen LogP contribution in [0, 0.1) is 0 Å². The maximum Gasteiger partial charge on any atom is 0.0166 e. The van der Waals surface area contributed by atoms with Crippen LogP contribution in [-0.2, 0) is 6.42 Å². The number of nitrogens with zero attached hydrogens (tertiary/aromatic N) is 1. The Hall–Kier alpha value is -0.860. The number of nitrogens with one attached hydrogen (secondary N) is 1. The van der Waals surface area contributed by atoms with Crippen molar-refractivity contribution in [2.75, 3.05) is 26.7 Å². The number of benzene rings is 1. The first-order chi connectivity index (χ1) is 7.72. The van der Waals surface area contributed by atoms with Gasteiger partial charge in [-0.3, -0.25) is 0 Å². The highest BCUT2D eigenvalue weighted by molar-refractivity contribution is 5.14. The first-order valence-electron chi connectivity index (χ1n) is 6.18. The van der Waals surface area contributed by atoms with Gasteiger partial charge in [-0.15, -0.1) is 0 Å². The number of rotatable bonds is 7. The fourth-order valence-electron chi connectivity index (χ4n) is 1.94. The minimum Gasteiger partial charge on any atom is -0.313 e. The third-order valence-corrected chi connectivity index (χ3v) is 2.76. The normalized spacial score (nSPS) is 13.0. The summed E-state index contributed by atoms with van der Waals surface area (Å²) in [4.78, 5) is 2.39. The van der Waals surface area contributed by atoms with Gasteiger partial charge >= 0.3 is 0 Å². The Morgan fingerprint density at radius 2 is 1.94 bits per heavy atom. The van der Waals surface area contributed by atoms with Crippen molar-refractivity contribution in [3.63, 3.8) is 0 Å². The van der Waals surface area contributed by atoms with Crippen LogP contribution in [0.3, 0.4) is 0 Å². The Balaban J connectivity index is 2.22. The van der Waals surface area contributed by atoms with Gasteiger partial charge in [0.2, 0.25) is 0 Å². The molecule has 0 spiro atoms. The van der Waals surface area contributed by atoms with E-state index in [4.69, 9.17) is 0 Å². The Morgan fingerprint density at radius 1 is 1.25 bits per heavy atom. The van der Waals surface area contributed by atoms with Crippen LogP contribution in [0.1, 0.15) is 19.4 Å². The molecule has 0 aliphatic carbocycles. The second-order valence-corrected chi connectivity index (χ2v) is 4.46. The highest BCUT2D eigenvalue weighted by Gasteiger charge is 2.04. The van der Waals surface area contributed by atoms with Gasteiger partial charge in [0.15, 0.2) is 0 Å². The van der Waals surface area contributed by atoms with Crippen LogP contribution >= 0.6 is 0 Å². The first-order valence-corrected chi connectivity index (χ1v) is 6.18. The smallest absolute Gasteiger partial charge is 0.0166 e. The van der Waals surface area contributed by atoms with E-state index in [1.165, 1.54) is 5.56 Å². The summed E-state index contributed by atoms with van der Waals surface area (Å²) in [6, 6.07) is 11.3. The van der Waals surface area contributed by atoms with E-state index in [1.54, 1.807) is 0 Å². The van der Waals surface area contributed by atoms with Crippen molar-refractivity contribution in [1.82, 2.24) is 10.2 Å². The Kier molecular flexibility index (Phi) is 6.12. The Morgan fingerprint density at radius 3 is 2.56 bits per heavy atom. The summed E-state index contributed by atoms with van der Waals surface area (Å²) in [7, 11) is 2.19. The predicted molar refractivity (Wildman–Crippen MR) is 70.8 cm³/mol. The summed E-state index contributed by atoms with van der Waals surface area (Å²) in [5, 5.41) is 3.43. The van der Waals surface area contributed by atoms with E-state index < -0.39 is 0 Å². The highest BCUT2D eigenvalue weighted by Crippen LogP contribution is 2.00. The summed E-state index contributed by atoms with van der Waals surface area (Å²) < 4.78 is 0. The van der Waals surface area contributed by atoms with Crippen LogP contribution < -0.4 is 5.32 Å². The van der Waals surface area contributed by atoms with Crippen LogP contribution in [0.25, 0.3) is 0 Å². The SMILES string of the molecule is CCNC(C)CN(C)CCc1ccccc1. The minimum absolute atomic E-state index is 0.575. The molecule has 0 saturated heterocycles. The molecule has 0 bridgehead atoms. The van der Waals surface area contributed by atoms with Crippen LogP contribution in [0.2, 0.25) is 0 Å². The molecule has 1 atom stereocenters. The zero-order chi connectivity index (χ0) is 11.8. The minimum atomic E-state index is 0.575. The van der Waals surface area contributed by atoms with Crippen molar-refractivity contribution in [3.8, 4) is 0 Å². The Labute approximate surface area is 99.7 Å². The standard InChI is InChI=1S/C14H24N2/c1-4-15-13(2)12-16(3)11-10-14-8-6-5-7-9-14/h5-9,13,15H,4,10-12H2,1-3H3. The summed E-state index contributed by atoms with van der Waals surface area (Å²) in [5.41, 5.74) is 1.42. The van der Waals surface area contributed by atoms with Crippen molar-refractivity contribution in [3.05, 3.63) is 35.9 Å². The van der Waals surface area contributed by atoms with Gasteiger partial charge in [0.1, 0.15) is 0 Å². The molecule has 1 aromatic rings. The molecule has 0 saturated carbocycles. The molecule has 0 amide bonds. The molecule has 90 valence electrons. The van der Waals surface area contributed by atoms with Gasteiger partial charge < -0.3 is 10.2 Å². The fraction of sp³-hybridized carbons (Fsp3) is 0.571. The fourth-order valence-corrected chi connectivity index (χ4v) is 1.94.